The van der Waals surface area contributed by atoms with Crippen LogP contribution in [0, 0.1) is 12.8 Å². The predicted octanol–water partition coefficient (Wildman–Crippen LogP) is 7.11. The van der Waals surface area contributed by atoms with Gasteiger partial charge in [0.25, 0.3) is 0 Å². The van der Waals surface area contributed by atoms with Gasteiger partial charge in [0, 0.05) is 18.6 Å². The molecule has 1 aromatic heterocycles. The second-order valence-electron chi connectivity index (χ2n) is 11.0. The van der Waals surface area contributed by atoms with Crippen LogP contribution in [-0.2, 0) is 22.4 Å². The molecule has 2 atom stereocenters. The molecule has 2 heterocycles. The summed E-state index contributed by atoms with van der Waals surface area (Å²) in [4.78, 5) is 42.4. The summed E-state index contributed by atoms with van der Waals surface area (Å²) in [7, 11) is 0. The smallest absolute Gasteiger partial charge is 0.417 e. The average Bonchev–Trinajstić information content (AvgIpc) is 3.64. The van der Waals surface area contributed by atoms with Crippen molar-refractivity contribution >= 4 is 17.8 Å². The number of amides is 2. The van der Waals surface area contributed by atoms with Gasteiger partial charge in [0.05, 0.1) is 0 Å². The molecule has 7 heteroatoms. The van der Waals surface area contributed by atoms with Crippen LogP contribution in [0.1, 0.15) is 64.7 Å². The Balaban J connectivity index is 1.50. The molecule has 1 N–H and O–H groups in total. The third-order valence-electron chi connectivity index (χ3n) is 7.88. The van der Waals surface area contributed by atoms with Gasteiger partial charge >= 0.3 is 6.09 Å². The number of benzene rings is 3. The largest absolute Gasteiger partial charge is 0.457 e. The van der Waals surface area contributed by atoms with E-state index in [2.05, 4.69) is 0 Å². The molecule has 1 aliphatic rings. The third kappa shape index (κ3) is 7.12. The van der Waals surface area contributed by atoms with Crippen molar-refractivity contribution in [3.8, 4) is 11.1 Å². The number of rotatable bonds is 13. The van der Waals surface area contributed by atoms with Crippen LogP contribution in [0.25, 0.3) is 11.1 Å². The van der Waals surface area contributed by atoms with E-state index < -0.39 is 29.7 Å². The van der Waals surface area contributed by atoms with Crippen molar-refractivity contribution in [2.45, 2.75) is 51.5 Å². The first-order valence-corrected chi connectivity index (χ1v) is 14.9. The Kier molecular flexibility index (Phi) is 9.84. The van der Waals surface area contributed by atoms with Crippen molar-refractivity contribution in [3.05, 3.63) is 119 Å². The van der Waals surface area contributed by atoms with Gasteiger partial charge in [0.2, 0.25) is 11.7 Å². The van der Waals surface area contributed by atoms with E-state index in [1.54, 1.807) is 6.07 Å². The van der Waals surface area contributed by atoms with Crippen molar-refractivity contribution in [3.63, 3.8) is 0 Å². The predicted molar refractivity (Wildman–Crippen MR) is 163 cm³/mol. The lowest BCUT2D eigenvalue weighted by Gasteiger charge is -2.24. The number of cyclic esters (lactones) is 1. The van der Waals surface area contributed by atoms with E-state index in [0.717, 1.165) is 58.4 Å². The SMILES string of the molecule is Cc1cccc(-c2cc(C(=O)[C@@H](Cc3ccccc3)C(=O)N3C(=O)OC[C@@H]3c3ccccc3)oc2CCCCCCO)c1. The zero-order chi connectivity index (χ0) is 30.2. The molecule has 2 amide bonds. The van der Waals surface area contributed by atoms with Crippen LogP contribution in [0.4, 0.5) is 4.79 Å². The highest BCUT2D eigenvalue weighted by molar-refractivity contribution is 6.12. The van der Waals surface area contributed by atoms with E-state index in [4.69, 9.17) is 14.3 Å². The highest BCUT2D eigenvalue weighted by Crippen LogP contribution is 2.34. The Bertz CT molecular complexity index is 1540. The molecule has 0 bridgehead atoms. The lowest BCUT2D eigenvalue weighted by Crippen LogP contribution is -2.42. The van der Waals surface area contributed by atoms with Crippen LogP contribution >= 0.6 is 0 Å². The topological polar surface area (TPSA) is 97.1 Å². The number of carbonyl (C=O) groups excluding carboxylic acids is 3. The van der Waals surface area contributed by atoms with E-state index in [0.29, 0.717) is 12.2 Å². The second kappa shape index (κ2) is 14.1. The normalized spacial score (nSPS) is 15.3. The molecule has 7 nitrogen and oxygen atoms in total. The second-order valence-corrected chi connectivity index (χ2v) is 11.0. The van der Waals surface area contributed by atoms with Crippen LogP contribution in [0.3, 0.4) is 0 Å². The number of ether oxygens (including phenoxy) is 1. The molecule has 3 aromatic carbocycles. The Morgan fingerprint density at radius 1 is 0.907 bits per heavy atom. The molecule has 1 fully saturated rings. The first-order valence-electron chi connectivity index (χ1n) is 14.9. The summed E-state index contributed by atoms with van der Waals surface area (Å²) in [5.74, 6) is -1.48. The van der Waals surface area contributed by atoms with Crippen molar-refractivity contribution in [2.24, 2.45) is 5.92 Å². The highest BCUT2D eigenvalue weighted by atomic mass is 16.6. The van der Waals surface area contributed by atoms with Crippen molar-refractivity contribution in [1.82, 2.24) is 4.90 Å². The van der Waals surface area contributed by atoms with E-state index in [9.17, 15) is 14.4 Å². The van der Waals surface area contributed by atoms with Gasteiger partial charge in [-0.25, -0.2) is 9.69 Å². The minimum Gasteiger partial charge on any atom is -0.457 e. The number of ketones is 1. The number of hydrogen-bond donors (Lipinski definition) is 1. The first-order chi connectivity index (χ1) is 21.0. The van der Waals surface area contributed by atoms with Gasteiger partial charge in [-0.3, -0.25) is 9.59 Å². The number of furan rings is 1. The van der Waals surface area contributed by atoms with E-state index in [1.807, 2.05) is 91.9 Å². The van der Waals surface area contributed by atoms with E-state index in [-0.39, 0.29) is 25.4 Å². The standard InChI is InChI=1S/C36H37NO6/c1-25-13-12-18-28(21-25)29-23-33(43-32(29)19-10-2-3-11-20-38)34(39)30(22-26-14-6-4-7-15-26)35(40)37-31(24-42-36(37)41)27-16-8-5-9-17-27/h4-9,12-18,21,23,30-31,38H,2-3,10-11,19-20,22,24H2,1H3/t30-,31-/m1/s1. The molecule has 1 saturated heterocycles. The molecule has 0 unspecified atom stereocenters. The van der Waals surface area contributed by atoms with E-state index >= 15 is 0 Å². The minimum atomic E-state index is -1.19. The van der Waals surface area contributed by atoms with Crippen LogP contribution in [0.15, 0.2) is 95.4 Å². The number of unbranched alkanes of at least 4 members (excludes halogenated alkanes) is 3. The number of nitrogens with zero attached hydrogens (tertiary/aromatic N) is 1. The molecule has 43 heavy (non-hydrogen) atoms. The monoisotopic (exact) mass is 579 g/mol. The van der Waals surface area contributed by atoms with Crippen molar-refractivity contribution < 1.29 is 28.6 Å². The fraction of sp³-hybridized carbons (Fsp3) is 0.306. The highest BCUT2D eigenvalue weighted by Gasteiger charge is 2.44. The molecule has 0 radical (unpaired) electrons. The molecule has 0 aliphatic carbocycles. The number of aliphatic hydroxyl groups is 1. The lowest BCUT2D eigenvalue weighted by molar-refractivity contribution is -0.132. The number of aryl methyl sites for hydroxylation is 2. The molecular formula is C36H37NO6. The Morgan fingerprint density at radius 2 is 1.63 bits per heavy atom. The van der Waals surface area contributed by atoms with Crippen LogP contribution in [0.2, 0.25) is 0 Å². The number of hydrogen-bond acceptors (Lipinski definition) is 6. The molecular weight excluding hydrogens is 542 g/mol. The third-order valence-corrected chi connectivity index (χ3v) is 7.88. The van der Waals surface area contributed by atoms with Crippen molar-refractivity contribution in [1.29, 1.82) is 0 Å². The van der Waals surface area contributed by atoms with Gasteiger partial charge < -0.3 is 14.3 Å². The van der Waals surface area contributed by atoms with Crippen LogP contribution < -0.4 is 0 Å². The fourth-order valence-electron chi connectivity index (χ4n) is 5.61. The summed E-state index contributed by atoms with van der Waals surface area (Å²) in [5.41, 5.74) is 4.40. The molecule has 222 valence electrons. The first kappa shape index (κ1) is 30.0. The number of imide groups is 1. The quantitative estimate of drug-likeness (QED) is 0.103. The maximum atomic E-state index is 14.3. The van der Waals surface area contributed by atoms with Gasteiger partial charge in [-0.15, -0.1) is 0 Å². The number of aliphatic hydroxyl groups excluding tert-OH is 1. The van der Waals surface area contributed by atoms with Gasteiger partial charge in [0.1, 0.15) is 24.3 Å². The number of Topliss-reactive ketones (excluding diaryl/α,β-unsaturated/α-hetero) is 1. The van der Waals surface area contributed by atoms with Crippen LogP contribution in [0.5, 0.6) is 0 Å². The summed E-state index contributed by atoms with van der Waals surface area (Å²) in [6, 6.07) is 27.7. The van der Waals surface area contributed by atoms with Gasteiger partial charge in [0.15, 0.2) is 5.76 Å². The van der Waals surface area contributed by atoms with Gasteiger partial charge in [-0.2, -0.15) is 0 Å². The molecule has 0 spiro atoms. The molecule has 1 aliphatic heterocycles. The summed E-state index contributed by atoms with van der Waals surface area (Å²) < 4.78 is 11.6. The minimum absolute atomic E-state index is 0.0273. The molecule has 4 aromatic rings. The fourth-order valence-corrected chi connectivity index (χ4v) is 5.61. The van der Waals surface area contributed by atoms with E-state index in [1.165, 1.54) is 0 Å². The number of carbonyl (C=O) groups is 3. The molecule has 5 rings (SSSR count). The lowest BCUT2D eigenvalue weighted by atomic mass is 9.91. The zero-order valence-electron chi connectivity index (χ0n) is 24.4. The summed E-state index contributed by atoms with van der Waals surface area (Å²) in [5, 5.41) is 9.13. The van der Waals surface area contributed by atoms with Crippen molar-refractivity contribution in [2.75, 3.05) is 13.2 Å². The Morgan fingerprint density at radius 3 is 2.35 bits per heavy atom. The Labute approximate surface area is 252 Å². The summed E-state index contributed by atoms with van der Waals surface area (Å²) >= 11 is 0. The summed E-state index contributed by atoms with van der Waals surface area (Å²) in [6.45, 7) is 2.21. The van der Waals surface area contributed by atoms with Crippen LogP contribution in [-0.4, -0.2) is 41.0 Å². The molecule has 0 saturated carbocycles. The average molecular weight is 580 g/mol. The Hall–Kier alpha value is -4.49. The van der Waals surface area contributed by atoms with Gasteiger partial charge in [-0.05, 0) is 48.9 Å². The maximum Gasteiger partial charge on any atom is 0.417 e. The zero-order valence-corrected chi connectivity index (χ0v) is 24.4. The van der Waals surface area contributed by atoms with Gasteiger partial charge in [-0.1, -0.05) is 103 Å². The summed E-state index contributed by atoms with van der Waals surface area (Å²) in [6.07, 6.45) is 3.39. The maximum absolute atomic E-state index is 14.3.